The number of likely N-dealkylation sites (N-methyl/N-ethyl adjacent to an activating group) is 1. The quantitative estimate of drug-likeness (QED) is 0.228. The zero-order valence-corrected chi connectivity index (χ0v) is 27.3. The first-order valence-corrected chi connectivity index (χ1v) is 15.8. The predicted molar refractivity (Wildman–Crippen MR) is 164 cm³/mol. The van der Waals surface area contributed by atoms with E-state index in [1.165, 1.54) is 24.1 Å². The highest BCUT2D eigenvalue weighted by Crippen LogP contribution is 2.47. The van der Waals surface area contributed by atoms with E-state index >= 15 is 0 Å². The van der Waals surface area contributed by atoms with Gasteiger partial charge in [0, 0.05) is 83.9 Å². The van der Waals surface area contributed by atoms with Gasteiger partial charge < -0.3 is 24.2 Å². The Morgan fingerprint density at radius 1 is 1.00 bits per heavy atom. The SMILES string of the molecule is CC(=O)N1CCN(C2CN(CC[C@H](CN(C)C(=O)c3cc(C(F)(F)F)c4c(Br)c3OC(=O)/C=C/C(=O)O4)c3ccc(F)cc3)C2)CC1. The van der Waals surface area contributed by atoms with Crippen molar-refractivity contribution in [2.24, 2.45) is 0 Å². The van der Waals surface area contributed by atoms with E-state index in [0.717, 1.165) is 31.7 Å². The molecule has 3 aliphatic rings. The molecule has 2 saturated heterocycles. The number of hydrogen-bond acceptors (Lipinski definition) is 8. The third-order valence-corrected chi connectivity index (χ3v) is 9.38. The highest BCUT2D eigenvalue weighted by Gasteiger charge is 2.40. The molecular weight excluding hydrogens is 692 g/mol. The maximum atomic E-state index is 14.1. The van der Waals surface area contributed by atoms with Gasteiger partial charge in [0.2, 0.25) is 5.91 Å². The largest absolute Gasteiger partial charge is 0.421 e. The minimum absolute atomic E-state index is 0.0533. The predicted octanol–water partition coefficient (Wildman–Crippen LogP) is 4.08. The summed E-state index contributed by atoms with van der Waals surface area (Å²) in [5.74, 6) is -5.34. The second-order valence-corrected chi connectivity index (χ2v) is 12.6. The fourth-order valence-electron chi connectivity index (χ4n) is 6.00. The van der Waals surface area contributed by atoms with E-state index in [2.05, 4.69) is 25.7 Å². The van der Waals surface area contributed by atoms with Crippen LogP contribution in [0.4, 0.5) is 17.6 Å². The number of halogens is 5. The molecule has 0 radical (unpaired) electrons. The molecule has 2 aromatic carbocycles. The summed E-state index contributed by atoms with van der Waals surface area (Å²) in [6.45, 7) is 6.97. The number of hydrogen-bond donors (Lipinski definition) is 0. The van der Waals surface area contributed by atoms with Gasteiger partial charge in [-0.05, 0) is 52.7 Å². The lowest BCUT2D eigenvalue weighted by molar-refractivity contribution is -0.141. The van der Waals surface area contributed by atoms with Crippen molar-refractivity contribution in [3.63, 3.8) is 0 Å². The molecule has 0 aromatic heterocycles. The zero-order valence-electron chi connectivity index (χ0n) is 25.7. The lowest BCUT2D eigenvalue weighted by Crippen LogP contribution is -2.63. The Kier molecular flexibility index (Phi) is 10.4. The van der Waals surface area contributed by atoms with E-state index < -0.39 is 56.9 Å². The molecule has 0 aliphatic carbocycles. The van der Waals surface area contributed by atoms with Gasteiger partial charge in [-0.15, -0.1) is 0 Å². The van der Waals surface area contributed by atoms with Crippen molar-refractivity contribution in [1.29, 1.82) is 0 Å². The first kappa shape index (κ1) is 34.5. The number of rotatable bonds is 8. The van der Waals surface area contributed by atoms with Crippen LogP contribution in [-0.2, 0) is 20.6 Å². The zero-order chi connectivity index (χ0) is 34.0. The minimum atomic E-state index is -5.03. The van der Waals surface area contributed by atoms with Gasteiger partial charge in [0.05, 0.1) is 5.56 Å². The second kappa shape index (κ2) is 14.1. The van der Waals surface area contributed by atoms with Crippen molar-refractivity contribution in [1.82, 2.24) is 19.6 Å². The average Bonchev–Trinajstić information content (AvgIpc) is 3.02. The normalized spacial score (nSPS) is 19.1. The molecule has 47 heavy (non-hydrogen) atoms. The van der Waals surface area contributed by atoms with Crippen LogP contribution in [0.5, 0.6) is 11.5 Å². The van der Waals surface area contributed by atoms with Gasteiger partial charge in [0.15, 0.2) is 11.5 Å². The monoisotopic (exact) mass is 724 g/mol. The van der Waals surface area contributed by atoms with Crippen molar-refractivity contribution < 1.29 is 46.2 Å². The van der Waals surface area contributed by atoms with Crippen molar-refractivity contribution in [3.05, 3.63) is 69.5 Å². The molecule has 2 bridgehead atoms. The van der Waals surface area contributed by atoms with Crippen LogP contribution >= 0.6 is 15.9 Å². The molecule has 1 atom stereocenters. The van der Waals surface area contributed by atoms with E-state index in [4.69, 9.17) is 9.47 Å². The van der Waals surface area contributed by atoms with Crippen LogP contribution in [0.25, 0.3) is 0 Å². The molecule has 3 heterocycles. The van der Waals surface area contributed by atoms with E-state index in [0.29, 0.717) is 50.3 Å². The highest BCUT2D eigenvalue weighted by molar-refractivity contribution is 9.10. The molecule has 0 N–H and O–H groups in total. The third kappa shape index (κ3) is 8.01. The summed E-state index contributed by atoms with van der Waals surface area (Å²) in [5, 5.41) is 0. The lowest BCUT2D eigenvalue weighted by Gasteiger charge is -2.48. The number of piperazine rings is 1. The van der Waals surface area contributed by atoms with E-state index in [-0.39, 0.29) is 18.4 Å². The molecular formula is C32H33BrF4N4O6. The highest BCUT2D eigenvalue weighted by atomic mass is 79.9. The molecule has 10 nitrogen and oxygen atoms in total. The number of ether oxygens (including phenoxy) is 2. The van der Waals surface area contributed by atoms with Gasteiger partial charge in [-0.3, -0.25) is 14.5 Å². The fraction of sp³-hybridized carbons (Fsp3) is 0.438. The van der Waals surface area contributed by atoms with Gasteiger partial charge in [0.1, 0.15) is 15.9 Å². The number of alkyl halides is 3. The Morgan fingerprint density at radius 3 is 2.17 bits per heavy atom. The fourth-order valence-corrected chi connectivity index (χ4v) is 6.59. The van der Waals surface area contributed by atoms with Crippen LogP contribution in [0.2, 0.25) is 0 Å². The van der Waals surface area contributed by atoms with Gasteiger partial charge in [-0.1, -0.05) is 12.1 Å². The van der Waals surface area contributed by atoms with Crippen LogP contribution in [0.15, 0.2) is 47.0 Å². The molecule has 0 spiro atoms. The summed E-state index contributed by atoms with van der Waals surface area (Å²) >= 11 is 2.96. The van der Waals surface area contributed by atoms with Gasteiger partial charge in [-0.2, -0.15) is 13.2 Å². The number of carbonyl (C=O) groups is 4. The Labute approximate surface area is 277 Å². The number of carbonyl (C=O) groups excluding carboxylic acids is 4. The summed E-state index contributed by atoms with van der Waals surface area (Å²) in [5.41, 5.74) is -1.23. The number of fused-ring (bicyclic) bond motifs is 2. The number of likely N-dealkylation sites (tertiary alicyclic amines) is 1. The minimum Gasteiger partial charge on any atom is -0.421 e. The van der Waals surface area contributed by atoms with E-state index in [9.17, 15) is 36.7 Å². The van der Waals surface area contributed by atoms with Crippen LogP contribution in [-0.4, -0.2) is 109 Å². The second-order valence-electron chi connectivity index (χ2n) is 11.8. The molecule has 5 rings (SSSR count). The number of nitrogens with zero attached hydrogens (tertiary/aromatic N) is 4. The summed E-state index contributed by atoms with van der Waals surface area (Å²) in [6.07, 6.45) is -3.15. The lowest BCUT2D eigenvalue weighted by atomic mass is 9.93. The van der Waals surface area contributed by atoms with Gasteiger partial charge in [0.25, 0.3) is 5.91 Å². The maximum Gasteiger partial charge on any atom is 0.420 e. The number of benzene rings is 2. The average molecular weight is 726 g/mol. The summed E-state index contributed by atoms with van der Waals surface area (Å²) in [7, 11) is 1.41. The van der Waals surface area contributed by atoms with Crippen molar-refractivity contribution in [3.8, 4) is 11.5 Å². The molecule has 0 saturated carbocycles. The molecule has 2 amide bonds. The Bertz CT molecular complexity index is 1570. The summed E-state index contributed by atoms with van der Waals surface area (Å²) < 4.78 is 65.7. The number of amides is 2. The number of esters is 2. The maximum absolute atomic E-state index is 14.1. The van der Waals surface area contributed by atoms with Crippen LogP contribution in [0.1, 0.15) is 40.7 Å². The Morgan fingerprint density at radius 2 is 1.60 bits per heavy atom. The van der Waals surface area contributed by atoms with Gasteiger partial charge in [-0.25, -0.2) is 14.0 Å². The Balaban J connectivity index is 1.32. The topological polar surface area (TPSA) is 99.7 Å². The summed E-state index contributed by atoms with van der Waals surface area (Å²) in [4.78, 5) is 57.5. The first-order valence-electron chi connectivity index (χ1n) is 15.0. The van der Waals surface area contributed by atoms with Crippen LogP contribution in [0.3, 0.4) is 0 Å². The van der Waals surface area contributed by atoms with Crippen molar-refractivity contribution in [2.75, 3.05) is 59.4 Å². The van der Waals surface area contributed by atoms with Crippen LogP contribution in [0, 0.1) is 5.82 Å². The third-order valence-electron chi connectivity index (χ3n) is 8.66. The first-order chi connectivity index (χ1) is 22.2. The smallest absolute Gasteiger partial charge is 0.420 e. The molecule has 2 aromatic rings. The molecule has 2 fully saturated rings. The van der Waals surface area contributed by atoms with E-state index in [1.807, 2.05) is 4.90 Å². The standard InChI is InChI=1S/C32H33BrF4N4O6/c1-19(42)40-11-13-41(14-12-40)23-17-39(18-23)10-9-21(20-3-5-22(34)6-4-20)16-38(2)31(45)24-15-25(32(35,36)37)30-28(33)29(24)46-26(43)7-8-27(44)47-30/h3-8,15,21,23H,9-14,16-18H2,1-2H3/b8-7+/t21-/m1/s1. The van der Waals surface area contributed by atoms with Crippen LogP contribution < -0.4 is 9.47 Å². The van der Waals surface area contributed by atoms with E-state index in [1.54, 1.807) is 19.1 Å². The molecule has 252 valence electrons. The Hall–Kier alpha value is -3.82. The molecule has 0 unspecified atom stereocenters. The van der Waals surface area contributed by atoms with Gasteiger partial charge >= 0.3 is 18.1 Å². The molecule has 3 aliphatic heterocycles. The summed E-state index contributed by atoms with van der Waals surface area (Å²) in [6, 6.07) is 6.72. The van der Waals surface area contributed by atoms with Crippen molar-refractivity contribution >= 4 is 39.7 Å². The molecule has 15 heteroatoms. The van der Waals surface area contributed by atoms with Crippen molar-refractivity contribution in [2.45, 2.75) is 31.5 Å².